The third-order valence-corrected chi connectivity index (χ3v) is 3.80. The van der Waals surface area contributed by atoms with Crippen molar-refractivity contribution in [2.75, 3.05) is 19.8 Å². The molecule has 0 aromatic carbocycles. The number of thiazole rings is 1. The number of hydrogen-bond donors (Lipinski definition) is 1. The van der Waals surface area contributed by atoms with E-state index in [1.54, 1.807) is 11.3 Å². The van der Waals surface area contributed by atoms with Gasteiger partial charge in [-0.1, -0.05) is 0 Å². The molecular weight excluding hydrogens is 220 g/mol. The Balaban J connectivity index is 1.47. The van der Waals surface area contributed by atoms with Gasteiger partial charge in [-0.15, -0.1) is 11.3 Å². The van der Waals surface area contributed by atoms with E-state index < -0.39 is 0 Å². The number of aromatic nitrogens is 1. The summed E-state index contributed by atoms with van der Waals surface area (Å²) >= 11 is 1.71. The summed E-state index contributed by atoms with van der Waals surface area (Å²) < 4.78 is 5.58. The van der Waals surface area contributed by atoms with Crippen molar-refractivity contribution in [1.82, 2.24) is 10.3 Å². The lowest BCUT2D eigenvalue weighted by molar-refractivity contribution is 0.121. The standard InChI is InChI=1S/C12H20N2OS/c1-10(12-7-13-9-16-12)14-5-2-6-15-8-11-3-4-11/h7,9-11,14H,2-6,8H2,1H3. The summed E-state index contributed by atoms with van der Waals surface area (Å²) in [5.74, 6) is 0.879. The summed E-state index contributed by atoms with van der Waals surface area (Å²) in [4.78, 5) is 5.39. The van der Waals surface area contributed by atoms with Crippen LogP contribution in [0.4, 0.5) is 0 Å². The highest BCUT2D eigenvalue weighted by molar-refractivity contribution is 7.09. The van der Waals surface area contributed by atoms with Crippen molar-refractivity contribution in [2.45, 2.75) is 32.2 Å². The number of nitrogens with zero attached hydrogens (tertiary/aromatic N) is 1. The zero-order valence-corrected chi connectivity index (χ0v) is 10.6. The summed E-state index contributed by atoms with van der Waals surface area (Å²) in [6, 6.07) is 0.413. The van der Waals surface area contributed by atoms with E-state index in [0.29, 0.717) is 6.04 Å². The van der Waals surface area contributed by atoms with Crippen molar-refractivity contribution >= 4 is 11.3 Å². The summed E-state index contributed by atoms with van der Waals surface area (Å²) in [6.45, 7) is 5.06. The first-order valence-corrected chi connectivity index (χ1v) is 6.93. The molecule has 0 aliphatic heterocycles. The smallest absolute Gasteiger partial charge is 0.0794 e. The maximum Gasteiger partial charge on any atom is 0.0794 e. The van der Waals surface area contributed by atoms with Gasteiger partial charge in [0.25, 0.3) is 0 Å². The molecule has 1 N–H and O–H groups in total. The van der Waals surface area contributed by atoms with E-state index in [0.717, 1.165) is 32.1 Å². The summed E-state index contributed by atoms with van der Waals surface area (Å²) in [7, 11) is 0. The fraction of sp³-hybridized carbons (Fsp3) is 0.750. The molecule has 1 aliphatic carbocycles. The second kappa shape index (κ2) is 6.33. The summed E-state index contributed by atoms with van der Waals surface area (Å²) in [5, 5.41) is 3.48. The van der Waals surface area contributed by atoms with Gasteiger partial charge >= 0.3 is 0 Å². The third-order valence-electron chi connectivity index (χ3n) is 2.84. The van der Waals surface area contributed by atoms with Crippen molar-refractivity contribution in [1.29, 1.82) is 0 Å². The molecule has 0 bridgehead atoms. The van der Waals surface area contributed by atoms with Crippen LogP contribution < -0.4 is 5.32 Å². The highest BCUT2D eigenvalue weighted by atomic mass is 32.1. The van der Waals surface area contributed by atoms with Crippen molar-refractivity contribution in [2.24, 2.45) is 5.92 Å². The molecule has 2 rings (SSSR count). The minimum atomic E-state index is 0.413. The van der Waals surface area contributed by atoms with Gasteiger partial charge in [0.05, 0.1) is 5.51 Å². The number of hydrogen-bond acceptors (Lipinski definition) is 4. The minimum Gasteiger partial charge on any atom is -0.381 e. The van der Waals surface area contributed by atoms with Crippen LogP contribution >= 0.6 is 11.3 Å². The van der Waals surface area contributed by atoms with Gasteiger partial charge in [0.2, 0.25) is 0 Å². The molecule has 1 fully saturated rings. The van der Waals surface area contributed by atoms with E-state index in [1.165, 1.54) is 17.7 Å². The van der Waals surface area contributed by atoms with Crippen molar-refractivity contribution in [3.8, 4) is 0 Å². The van der Waals surface area contributed by atoms with E-state index >= 15 is 0 Å². The van der Waals surface area contributed by atoms with E-state index in [9.17, 15) is 0 Å². The van der Waals surface area contributed by atoms with Crippen molar-refractivity contribution in [3.05, 3.63) is 16.6 Å². The Kier molecular flexibility index (Phi) is 4.75. The van der Waals surface area contributed by atoms with Gasteiger partial charge in [-0.3, -0.25) is 4.98 Å². The zero-order chi connectivity index (χ0) is 11.2. The van der Waals surface area contributed by atoms with Crippen LogP contribution in [0.15, 0.2) is 11.7 Å². The van der Waals surface area contributed by atoms with Crippen LogP contribution in [-0.2, 0) is 4.74 Å². The monoisotopic (exact) mass is 240 g/mol. The molecule has 1 aliphatic rings. The molecule has 1 atom stereocenters. The first kappa shape index (κ1) is 12.0. The predicted octanol–water partition coefficient (Wildman–Crippen LogP) is 2.61. The Morgan fingerprint density at radius 1 is 1.62 bits per heavy atom. The first-order chi connectivity index (χ1) is 7.86. The molecule has 1 aromatic heterocycles. The maximum absolute atomic E-state index is 5.58. The van der Waals surface area contributed by atoms with Crippen molar-refractivity contribution in [3.63, 3.8) is 0 Å². The highest BCUT2D eigenvalue weighted by Crippen LogP contribution is 2.28. The number of nitrogens with one attached hydrogen (secondary N) is 1. The average Bonchev–Trinajstić information content (AvgIpc) is 2.95. The van der Waals surface area contributed by atoms with Crippen LogP contribution in [0.5, 0.6) is 0 Å². The molecule has 3 nitrogen and oxygen atoms in total. The van der Waals surface area contributed by atoms with Gasteiger partial charge in [-0.25, -0.2) is 0 Å². The van der Waals surface area contributed by atoms with Gasteiger partial charge in [-0.2, -0.15) is 0 Å². The van der Waals surface area contributed by atoms with Crippen LogP contribution in [0, 0.1) is 5.92 Å². The van der Waals surface area contributed by atoms with E-state index in [2.05, 4.69) is 17.2 Å². The van der Waals surface area contributed by atoms with E-state index in [4.69, 9.17) is 4.74 Å². The fourth-order valence-corrected chi connectivity index (χ4v) is 2.22. The van der Waals surface area contributed by atoms with Crippen LogP contribution in [0.2, 0.25) is 0 Å². The van der Waals surface area contributed by atoms with Crippen molar-refractivity contribution < 1.29 is 4.74 Å². The Labute approximate surface area is 101 Å². The lowest BCUT2D eigenvalue weighted by Crippen LogP contribution is -2.20. The van der Waals surface area contributed by atoms with E-state index in [-0.39, 0.29) is 0 Å². The lowest BCUT2D eigenvalue weighted by Gasteiger charge is -2.11. The molecule has 0 radical (unpaired) electrons. The Bertz CT molecular complexity index is 285. The Hall–Kier alpha value is -0.450. The van der Waals surface area contributed by atoms with Gasteiger partial charge in [0.1, 0.15) is 0 Å². The SMILES string of the molecule is CC(NCCCOCC1CC1)c1cncs1. The second-order valence-electron chi connectivity index (χ2n) is 4.45. The molecule has 90 valence electrons. The maximum atomic E-state index is 5.58. The topological polar surface area (TPSA) is 34.1 Å². The predicted molar refractivity (Wildman–Crippen MR) is 66.7 cm³/mol. The van der Waals surface area contributed by atoms with Crippen LogP contribution in [0.3, 0.4) is 0 Å². The normalized spacial score (nSPS) is 17.6. The molecule has 1 saturated carbocycles. The van der Waals surface area contributed by atoms with Crippen LogP contribution in [0.1, 0.15) is 37.1 Å². The van der Waals surface area contributed by atoms with Gasteiger partial charge in [0.15, 0.2) is 0 Å². The molecule has 0 saturated heterocycles. The fourth-order valence-electron chi connectivity index (χ4n) is 1.57. The molecule has 1 aromatic rings. The van der Waals surface area contributed by atoms with Gasteiger partial charge < -0.3 is 10.1 Å². The second-order valence-corrected chi connectivity index (χ2v) is 5.37. The van der Waals surface area contributed by atoms with E-state index in [1.807, 2.05) is 11.7 Å². The van der Waals surface area contributed by atoms with Crippen LogP contribution in [0.25, 0.3) is 0 Å². The summed E-state index contributed by atoms with van der Waals surface area (Å²) in [5.41, 5.74) is 1.88. The van der Waals surface area contributed by atoms with Gasteiger partial charge in [0, 0.05) is 30.3 Å². The van der Waals surface area contributed by atoms with Crippen LogP contribution in [-0.4, -0.2) is 24.7 Å². The van der Waals surface area contributed by atoms with Gasteiger partial charge in [-0.05, 0) is 38.6 Å². The number of rotatable bonds is 8. The molecule has 0 amide bonds. The Morgan fingerprint density at radius 2 is 2.50 bits per heavy atom. The molecular formula is C12H20N2OS. The highest BCUT2D eigenvalue weighted by Gasteiger charge is 2.20. The summed E-state index contributed by atoms with van der Waals surface area (Å²) in [6.07, 6.45) is 5.78. The average molecular weight is 240 g/mol. The molecule has 1 heterocycles. The third kappa shape index (κ3) is 4.20. The minimum absolute atomic E-state index is 0.413. The zero-order valence-electron chi connectivity index (χ0n) is 9.82. The molecule has 0 spiro atoms. The first-order valence-electron chi connectivity index (χ1n) is 6.06. The molecule has 4 heteroatoms. The largest absolute Gasteiger partial charge is 0.381 e. The quantitative estimate of drug-likeness (QED) is 0.709. The number of ether oxygens (including phenoxy) is 1. The lowest BCUT2D eigenvalue weighted by atomic mass is 10.3. The molecule has 1 unspecified atom stereocenters. The Morgan fingerprint density at radius 3 is 3.19 bits per heavy atom. The molecule has 16 heavy (non-hydrogen) atoms.